The Bertz CT molecular complexity index is 531. The van der Waals surface area contributed by atoms with Gasteiger partial charge in [-0.05, 0) is 56.0 Å². The molecule has 0 saturated carbocycles. The predicted octanol–water partition coefficient (Wildman–Crippen LogP) is 3.66. The maximum Gasteiger partial charge on any atom is 0.416 e. The van der Waals surface area contributed by atoms with Crippen molar-refractivity contribution < 1.29 is 27.8 Å². The number of hydrogen-bond donors (Lipinski definition) is 1. The maximum absolute atomic E-state index is 12.5. The Hall–Kier alpha value is -1.76. The summed E-state index contributed by atoms with van der Waals surface area (Å²) in [5.74, 6) is 0.0427. The van der Waals surface area contributed by atoms with Gasteiger partial charge >= 0.3 is 12.1 Å². The van der Waals surface area contributed by atoms with Crippen molar-refractivity contribution in [3.63, 3.8) is 0 Å². The second-order valence-electron chi connectivity index (χ2n) is 6.11. The van der Waals surface area contributed by atoms with Crippen LogP contribution in [0.4, 0.5) is 13.2 Å². The zero-order valence-corrected chi connectivity index (χ0v) is 13.4. The molecule has 24 heavy (non-hydrogen) atoms. The van der Waals surface area contributed by atoms with Crippen molar-refractivity contribution in [1.29, 1.82) is 0 Å². The molecule has 1 aromatic rings. The summed E-state index contributed by atoms with van der Waals surface area (Å²) in [4.78, 5) is 12.9. The second-order valence-corrected chi connectivity index (χ2v) is 6.11. The monoisotopic (exact) mass is 345 g/mol. The van der Waals surface area contributed by atoms with Crippen LogP contribution in [0.15, 0.2) is 24.3 Å². The quantitative estimate of drug-likeness (QED) is 0.819. The van der Waals surface area contributed by atoms with Gasteiger partial charge in [0.25, 0.3) is 0 Å². The first-order valence-corrected chi connectivity index (χ1v) is 8.09. The minimum atomic E-state index is -4.34. The van der Waals surface area contributed by atoms with Gasteiger partial charge in [-0.15, -0.1) is 0 Å². The van der Waals surface area contributed by atoms with Crippen LogP contribution in [0.1, 0.15) is 31.2 Å². The highest BCUT2D eigenvalue weighted by Crippen LogP contribution is 2.30. The van der Waals surface area contributed by atoms with E-state index in [1.807, 2.05) is 0 Å². The highest BCUT2D eigenvalue weighted by molar-refractivity contribution is 5.66. The molecule has 1 unspecified atom stereocenters. The topological polar surface area (TPSA) is 49.8 Å². The molecule has 134 valence electrons. The number of hydrogen-bond acceptors (Lipinski definition) is 3. The first-order valence-electron chi connectivity index (χ1n) is 8.09. The number of rotatable bonds is 7. The van der Waals surface area contributed by atoms with Crippen molar-refractivity contribution in [3.05, 3.63) is 29.8 Å². The summed E-state index contributed by atoms with van der Waals surface area (Å²) in [6.45, 7) is 2.88. The van der Waals surface area contributed by atoms with Crippen molar-refractivity contribution in [2.24, 2.45) is 5.92 Å². The van der Waals surface area contributed by atoms with Crippen molar-refractivity contribution in [2.45, 2.75) is 31.9 Å². The number of nitrogens with zero attached hydrogens (tertiary/aromatic N) is 1. The SMILES string of the molecule is O=C(O)CCC1CCCN(CCOc2ccc(C(F)(F)F)cc2)C1. The largest absolute Gasteiger partial charge is 0.492 e. The zero-order chi connectivity index (χ0) is 17.6. The molecule has 1 aliphatic rings. The number of ether oxygens (including phenoxy) is 1. The number of piperidine rings is 1. The van der Waals surface area contributed by atoms with E-state index in [9.17, 15) is 18.0 Å². The Balaban J connectivity index is 1.72. The number of carbonyl (C=O) groups is 1. The molecule has 2 rings (SSSR count). The van der Waals surface area contributed by atoms with Gasteiger partial charge in [0.2, 0.25) is 0 Å². The number of alkyl halides is 3. The summed E-state index contributed by atoms with van der Waals surface area (Å²) in [5, 5.41) is 8.74. The van der Waals surface area contributed by atoms with Gasteiger partial charge in [-0.2, -0.15) is 13.2 Å². The van der Waals surface area contributed by atoms with Gasteiger partial charge in [-0.25, -0.2) is 0 Å². The predicted molar refractivity (Wildman–Crippen MR) is 83.0 cm³/mol. The molecule has 1 heterocycles. The number of aliphatic carboxylic acids is 1. The van der Waals surface area contributed by atoms with Crippen molar-refractivity contribution in [1.82, 2.24) is 4.90 Å². The van der Waals surface area contributed by atoms with Gasteiger partial charge in [0, 0.05) is 19.5 Å². The summed E-state index contributed by atoms with van der Waals surface area (Å²) < 4.78 is 42.9. The van der Waals surface area contributed by atoms with E-state index in [4.69, 9.17) is 9.84 Å². The third-order valence-corrected chi connectivity index (χ3v) is 4.23. The molecule has 0 aliphatic carbocycles. The van der Waals surface area contributed by atoms with Crippen LogP contribution in [0.25, 0.3) is 0 Å². The molecule has 1 atom stereocenters. The Morgan fingerprint density at radius 2 is 2.00 bits per heavy atom. The van der Waals surface area contributed by atoms with Crippen LogP contribution in [0.3, 0.4) is 0 Å². The van der Waals surface area contributed by atoms with E-state index in [2.05, 4.69) is 4.90 Å². The highest BCUT2D eigenvalue weighted by Gasteiger charge is 2.30. The van der Waals surface area contributed by atoms with Crippen molar-refractivity contribution >= 4 is 5.97 Å². The van der Waals surface area contributed by atoms with E-state index in [0.717, 1.165) is 38.1 Å². The summed E-state index contributed by atoms with van der Waals surface area (Å²) in [6.07, 6.45) is -1.38. The normalized spacial score (nSPS) is 19.2. The highest BCUT2D eigenvalue weighted by atomic mass is 19.4. The van der Waals surface area contributed by atoms with Crippen LogP contribution in [-0.4, -0.2) is 42.2 Å². The van der Waals surface area contributed by atoms with Crippen LogP contribution in [0.2, 0.25) is 0 Å². The van der Waals surface area contributed by atoms with Crippen molar-refractivity contribution in [2.75, 3.05) is 26.2 Å². The third kappa shape index (κ3) is 6.03. The second kappa shape index (κ2) is 8.37. The molecular formula is C17H22F3NO3. The molecule has 0 bridgehead atoms. The molecular weight excluding hydrogens is 323 g/mol. The minimum absolute atomic E-state index is 0.195. The summed E-state index contributed by atoms with van der Waals surface area (Å²) >= 11 is 0. The molecule has 1 fully saturated rings. The molecule has 7 heteroatoms. The van der Waals surface area contributed by atoms with E-state index in [-0.39, 0.29) is 6.42 Å². The molecule has 0 amide bonds. The summed E-state index contributed by atoms with van der Waals surface area (Å²) in [7, 11) is 0. The van der Waals surface area contributed by atoms with Gasteiger partial charge < -0.3 is 9.84 Å². The Morgan fingerprint density at radius 1 is 1.29 bits per heavy atom. The third-order valence-electron chi connectivity index (χ3n) is 4.23. The fourth-order valence-corrected chi connectivity index (χ4v) is 2.95. The van der Waals surface area contributed by atoms with E-state index >= 15 is 0 Å². The molecule has 1 saturated heterocycles. The van der Waals surface area contributed by atoms with E-state index < -0.39 is 17.7 Å². The van der Waals surface area contributed by atoms with Crippen LogP contribution in [0.5, 0.6) is 5.75 Å². The Morgan fingerprint density at radius 3 is 2.62 bits per heavy atom. The van der Waals surface area contributed by atoms with Gasteiger partial charge in [0.05, 0.1) is 5.56 Å². The van der Waals surface area contributed by atoms with E-state index in [0.29, 0.717) is 31.2 Å². The van der Waals surface area contributed by atoms with Crippen LogP contribution in [-0.2, 0) is 11.0 Å². The molecule has 0 aromatic heterocycles. The van der Waals surface area contributed by atoms with E-state index in [1.54, 1.807) is 0 Å². The number of likely N-dealkylation sites (tertiary alicyclic amines) is 1. The molecule has 1 N–H and O–H groups in total. The van der Waals surface area contributed by atoms with Crippen LogP contribution in [0, 0.1) is 5.92 Å². The summed E-state index contributed by atoms with van der Waals surface area (Å²) in [6, 6.07) is 4.68. The molecule has 0 spiro atoms. The van der Waals surface area contributed by atoms with E-state index in [1.165, 1.54) is 12.1 Å². The Kier molecular flexibility index (Phi) is 6.48. The molecule has 0 radical (unpaired) electrons. The first kappa shape index (κ1) is 18.6. The van der Waals surface area contributed by atoms with Gasteiger partial charge in [0.15, 0.2) is 0 Å². The minimum Gasteiger partial charge on any atom is -0.492 e. The number of carboxylic acids is 1. The van der Waals surface area contributed by atoms with Crippen LogP contribution >= 0.6 is 0 Å². The Labute approximate surface area is 139 Å². The smallest absolute Gasteiger partial charge is 0.416 e. The lowest BCUT2D eigenvalue weighted by molar-refractivity contribution is -0.138. The number of carboxylic acid groups (broad SMARTS) is 1. The van der Waals surface area contributed by atoms with Gasteiger partial charge in [0.1, 0.15) is 12.4 Å². The lowest BCUT2D eigenvalue weighted by Crippen LogP contribution is -2.38. The van der Waals surface area contributed by atoms with Gasteiger partial charge in [-0.1, -0.05) is 0 Å². The lowest BCUT2D eigenvalue weighted by atomic mass is 9.93. The first-order chi connectivity index (χ1) is 11.3. The number of benzene rings is 1. The molecule has 4 nitrogen and oxygen atoms in total. The lowest BCUT2D eigenvalue weighted by Gasteiger charge is -2.32. The van der Waals surface area contributed by atoms with Gasteiger partial charge in [-0.3, -0.25) is 9.69 Å². The fraction of sp³-hybridized carbons (Fsp3) is 0.588. The molecule has 1 aromatic carbocycles. The standard InChI is InChI=1S/C17H22F3NO3/c18-17(19,20)14-4-6-15(7-5-14)24-11-10-21-9-1-2-13(12-21)3-8-16(22)23/h4-7,13H,1-3,8-12H2,(H,22,23). The van der Waals surface area contributed by atoms with Crippen LogP contribution < -0.4 is 4.74 Å². The zero-order valence-electron chi connectivity index (χ0n) is 13.4. The fourth-order valence-electron chi connectivity index (χ4n) is 2.95. The van der Waals surface area contributed by atoms with Crippen molar-refractivity contribution in [3.8, 4) is 5.75 Å². The summed E-state index contributed by atoms with van der Waals surface area (Å²) in [5.41, 5.74) is -0.688. The maximum atomic E-state index is 12.5. The molecule has 1 aliphatic heterocycles. The average Bonchev–Trinajstić information content (AvgIpc) is 2.53. The number of halogens is 3. The average molecular weight is 345 g/mol.